The van der Waals surface area contributed by atoms with Crippen LogP contribution in [0.1, 0.15) is 34.9 Å². The van der Waals surface area contributed by atoms with Crippen LogP contribution in [-0.4, -0.2) is 36.2 Å². The summed E-state index contributed by atoms with van der Waals surface area (Å²) in [5.41, 5.74) is 3.56. The van der Waals surface area contributed by atoms with E-state index in [9.17, 15) is 4.79 Å². The first kappa shape index (κ1) is 19.6. The zero-order valence-electron chi connectivity index (χ0n) is 16.7. The highest BCUT2D eigenvalue weighted by atomic mass is 32.1. The molecule has 0 saturated carbocycles. The molecule has 1 saturated heterocycles. The number of ether oxygens (including phenoxy) is 1. The Morgan fingerprint density at radius 2 is 1.79 bits per heavy atom. The average Bonchev–Trinajstić information content (AvgIpc) is 3.17. The minimum Gasteiger partial charge on any atom is -0.372 e. The molecule has 0 aliphatic carbocycles. The van der Waals surface area contributed by atoms with E-state index >= 15 is 0 Å². The van der Waals surface area contributed by atoms with Gasteiger partial charge in [0.05, 0.1) is 17.2 Å². The quantitative estimate of drug-likeness (QED) is 0.672. The SMILES string of the molecule is CC1CN(c2ccc(NC(=O)c3csc(Cc4ccccc4)n3)cc2)CC(C)O1. The predicted octanol–water partition coefficient (Wildman–Crippen LogP) is 4.60. The molecule has 0 radical (unpaired) electrons. The zero-order chi connectivity index (χ0) is 20.2. The zero-order valence-corrected chi connectivity index (χ0v) is 17.5. The van der Waals surface area contributed by atoms with Gasteiger partial charge < -0.3 is 15.0 Å². The molecular formula is C23H25N3O2S. The lowest BCUT2D eigenvalue weighted by atomic mass is 10.2. The Labute approximate surface area is 175 Å². The second-order valence-corrected chi connectivity index (χ2v) is 8.39. The van der Waals surface area contributed by atoms with E-state index < -0.39 is 0 Å². The Hall–Kier alpha value is -2.70. The molecule has 2 unspecified atom stereocenters. The van der Waals surface area contributed by atoms with E-state index in [4.69, 9.17) is 4.74 Å². The molecule has 1 aliphatic rings. The smallest absolute Gasteiger partial charge is 0.275 e. The third-order valence-electron chi connectivity index (χ3n) is 4.89. The number of aromatic nitrogens is 1. The van der Waals surface area contributed by atoms with Crippen LogP contribution in [0.4, 0.5) is 11.4 Å². The number of nitrogens with one attached hydrogen (secondary N) is 1. The van der Waals surface area contributed by atoms with Crippen LogP contribution in [0.25, 0.3) is 0 Å². The molecule has 3 aromatic rings. The van der Waals surface area contributed by atoms with Crippen molar-refractivity contribution < 1.29 is 9.53 Å². The van der Waals surface area contributed by atoms with Crippen molar-refractivity contribution in [3.8, 4) is 0 Å². The Kier molecular flexibility index (Phi) is 5.92. The van der Waals surface area contributed by atoms with Crippen LogP contribution in [0.3, 0.4) is 0 Å². The van der Waals surface area contributed by atoms with E-state index in [-0.39, 0.29) is 18.1 Å². The van der Waals surface area contributed by atoms with Gasteiger partial charge in [0.25, 0.3) is 5.91 Å². The topological polar surface area (TPSA) is 54.5 Å². The predicted molar refractivity (Wildman–Crippen MR) is 118 cm³/mol. The van der Waals surface area contributed by atoms with E-state index in [1.54, 1.807) is 0 Å². The number of hydrogen-bond donors (Lipinski definition) is 1. The molecule has 0 bridgehead atoms. The maximum absolute atomic E-state index is 12.6. The molecule has 2 heterocycles. The van der Waals surface area contributed by atoms with Gasteiger partial charge in [-0.1, -0.05) is 30.3 Å². The van der Waals surface area contributed by atoms with Gasteiger partial charge in [-0.25, -0.2) is 4.98 Å². The van der Waals surface area contributed by atoms with Crippen molar-refractivity contribution >= 4 is 28.6 Å². The number of amides is 1. The number of hydrogen-bond acceptors (Lipinski definition) is 5. The number of carbonyl (C=O) groups excluding carboxylic acids is 1. The van der Waals surface area contributed by atoms with Crippen molar-refractivity contribution in [3.05, 3.63) is 76.2 Å². The third kappa shape index (κ3) is 5.02. The Morgan fingerprint density at radius 1 is 1.10 bits per heavy atom. The van der Waals surface area contributed by atoms with Gasteiger partial charge in [0.15, 0.2) is 0 Å². The summed E-state index contributed by atoms with van der Waals surface area (Å²) >= 11 is 1.51. The van der Waals surface area contributed by atoms with Crippen molar-refractivity contribution in [2.75, 3.05) is 23.3 Å². The third-order valence-corrected chi connectivity index (χ3v) is 5.74. The fourth-order valence-corrected chi connectivity index (χ4v) is 4.41. The van der Waals surface area contributed by atoms with Gasteiger partial charge in [-0.3, -0.25) is 4.79 Å². The van der Waals surface area contributed by atoms with E-state index in [1.807, 2.05) is 47.8 Å². The molecule has 5 nitrogen and oxygen atoms in total. The fourth-order valence-electron chi connectivity index (χ4n) is 3.61. The number of morpholine rings is 1. The molecule has 2 atom stereocenters. The minimum absolute atomic E-state index is 0.179. The molecule has 0 spiro atoms. The first-order valence-electron chi connectivity index (χ1n) is 9.87. The summed E-state index contributed by atoms with van der Waals surface area (Å²) < 4.78 is 5.80. The van der Waals surface area contributed by atoms with Crippen LogP contribution in [-0.2, 0) is 11.2 Å². The van der Waals surface area contributed by atoms with Crippen LogP contribution in [0.15, 0.2) is 60.0 Å². The maximum Gasteiger partial charge on any atom is 0.275 e. The molecule has 29 heavy (non-hydrogen) atoms. The number of nitrogens with zero attached hydrogens (tertiary/aromatic N) is 2. The largest absolute Gasteiger partial charge is 0.372 e. The van der Waals surface area contributed by atoms with Crippen molar-refractivity contribution in [1.82, 2.24) is 4.98 Å². The summed E-state index contributed by atoms with van der Waals surface area (Å²) in [5.74, 6) is -0.179. The van der Waals surface area contributed by atoms with Crippen LogP contribution >= 0.6 is 11.3 Å². The highest BCUT2D eigenvalue weighted by Crippen LogP contribution is 2.23. The monoisotopic (exact) mass is 407 g/mol. The maximum atomic E-state index is 12.6. The summed E-state index contributed by atoms with van der Waals surface area (Å²) in [7, 11) is 0. The molecule has 1 fully saturated rings. The average molecular weight is 408 g/mol. The number of benzene rings is 2. The van der Waals surface area contributed by atoms with Gasteiger partial charge in [0, 0.05) is 36.3 Å². The van der Waals surface area contributed by atoms with Crippen LogP contribution in [0.2, 0.25) is 0 Å². The van der Waals surface area contributed by atoms with E-state index in [0.29, 0.717) is 5.69 Å². The Bertz CT molecular complexity index is 946. The number of rotatable bonds is 5. The van der Waals surface area contributed by atoms with Gasteiger partial charge >= 0.3 is 0 Å². The lowest BCUT2D eigenvalue weighted by Gasteiger charge is -2.36. The second kappa shape index (κ2) is 8.76. The normalized spacial score (nSPS) is 19.2. The highest BCUT2D eigenvalue weighted by Gasteiger charge is 2.22. The van der Waals surface area contributed by atoms with E-state index in [2.05, 4.69) is 41.2 Å². The number of anilines is 2. The van der Waals surface area contributed by atoms with Crippen molar-refractivity contribution in [2.45, 2.75) is 32.5 Å². The van der Waals surface area contributed by atoms with E-state index in [1.165, 1.54) is 16.9 Å². The lowest BCUT2D eigenvalue weighted by molar-refractivity contribution is -0.00521. The van der Waals surface area contributed by atoms with Gasteiger partial charge in [0.1, 0.15) is 5.69 Å². The van der Waals surface area contributed by atoms with Crippen LogP contribution < -0.4 is 10.2 Å². The summed E-state index contributed by atoms with van der Waals surface area (Å²) in [4.78, 5) is 19.4. The fraction of sp³-hybridized carbons (Fsp3) is 0.304. The van der Waals surface area contributed by atoms with Crippen LogP contribution in [0, 0.1) is 0 Å². The Balaban J connectivity index is 1.37. The molecule has 1 aliphatic heterocycles. The first-order valence-corrected chi connectivity index (χ1v) is 10.7. The van der Waals surface area contributed by atoms with Crippen molar-refractivity contribution in [2.24, 2.45) is 0 Å². The van der Waals surface area contributed by atoms with Crippen LogP contribution in [0.5, 0.6) is 0 Å². The molecule has 2 aromatic carbocycles. The molecule has 1 aromatic heterocycles. The minimum atomic E-state index is -0.179. The molecule has 4 rings (SSSR count). The summed E-state index contributed by atoms with van der Waals surface area (Å²) in [5, 5.41) is 5.70. The van der Waals surface area contributed by atoms with Crippen molar-refractivity contribution in [3.63, 3.8) is 0 Å². The first-order chi connectivity index (χ1) is 14.1. The number of carbonyl (C=O) groups is 1. The molecule has 150 valence electrons. The molecule has 1 amide bonds. The summed E-state index contributed by atoms with van der Waals surface area (Å²) in [6, 6.07) is 18.1. The second-order valence-electron chi connectivity index (χ2n) is 7.45. The number of thiazole rings is 1. The molecule has 1 N–H and O–H groups in total. The van der Waals surface area contributed by atoms with Gasteiger partial charge in [-0.05, 0) is 43.7 Å². The van der Waals surface area contributed by atoms with E-state index in [0.717, 1.165) is 35.9 Å². The summed E-state index contributed by atoms with van der Waals surface area (Å²) in [6.45, 7) is 5.94. The van der Waals surface area contributed by atoms with Gasteiger partial charge in [-0.2, -0.15) is 0 Å². The lowest BCUT2D eigenvalue weighted by Crippen LogP contribution is -2.45. The van der Waals surface area contributed by atoms with Gasteiger partial charge in [0.2, 0.25) is 0 Å². The van der Waals surface area contributed by atoms with Gasteiger partial charge in [-0.15, -0.1) is 11.3 Å². The van der Waals surface area contributed by atoms with Crippen molar-refractivity contribution in [1.29, 1.82) is 0 Å². The molecular weight excluding hydrogens is 382 g/mol. The highest BCUT2D eigenvalue weighted by molar-refractivity contribution is 7.09. The Morgan fingerprint density at radius 3 is 2.48 bits per heavy atom. The standard InChI is InChI=1S/C23H25N3O2S/c1-16-13-26(14-17(2)28-16)20-10-8-19(9-11-20)24-23(27)21-15-29-22(25-21)12-18-6-4-3-5-7-18/h3-11,15-17H,12-14H2,1-2H3,(H,24,27). The molecule has 6 heteroatoms. The summed E-state index contributed by atoms with van der Waals surface area (Å²) in [6.07, 6.45) is 1.17.